The molecule has 2 aromatic carbocycles. The molecule has 1 unspecified atom stereocenters. The predicted octanol–water partition coefficient (Wildman–Crippen LogP) is 2.08. The van der Waals surface area contributed by atoms with E-state index in [1.165, 1.54) is 4.31 Å². The number of rotatable bonds is 4. The first kappa shape index (κ1) is 16.0. The van der Waals surface area contributed by atoms with Crippen LogP contribution in [0, 0.1) is 0 Å². The Morgan fingerprint density at radius 1 is 1.13 bits per heavy atom. The first-order valence-corrected chi connectivity index (χ1v) is 9.05. The maximum Gasteiger partial charge on any atom is 0.243 e. The van der Waals surface area contributed by atoms with E-state index in [1.54, 1.807) is 24.3 Å². The molecule has 5 nitrogen and oxygen atoms in total. The lowest BCUT2D eigenvalue weighted by Crippen LogP contribution is -2.37. The van der Waals surface area contributed by atoms with Crippen LogP contribution in [0.15, 0.2) is 53.4 Å². The molecule has 0 aromatic heterocycles. The van der Waals surface area contributed by atoms with Crippen molar-refractivity contribution in [3.63, 3.8) is 0 Å². The van der Waals surface area contributed by atoms with E-state index in [-0.39, 0.29) is 17.5 Å². The van der Waals surface area contributed by atoms with E-state index in [4.69, 9.17) is 5.73 Å². The van der Waals surface area contributed by atoms with E-state index < -0.39 is 10.0 Å². The Kier molecular flexibility index (Phi) is 4.39. The summed E-state index contributed by atoms with van der Waals surface area (Å²) >= 11 is 0. The summed E-state index contributed by atoms with van der Waals surface area (Å²) in [6, 6.07) is 13.9. The van der Waals surface area contributed by atoms with Crippen molar-refractivity contribution in [1.29, 1.82) is 0 Å². The lowest BCUT2D eigenvalue weighted by molar-refractivity contribution is 0.213. The highest BCUT2D eigenvalue weighted by atomic mass is 32.2. The number of benzene rings is 2. The van der Waals surface area contributed by atoms with Crippen LogP contribution in [0.3, 0.4) is 0 Å². The third kappa shape index (κ3) is 3.10. The summed E-state index contributed by atoms with van der Waals surface area (Å²) in [5.41, 5.74) is 8.31. The molecule has 6 heteroatoms. The summed E-state index contributed by atoms with van der Waals surface area (Å²) < 4.78 is 26.8. The van der Waals surface area contributed by atoms with Gasteiger partial charge in [0, 0.05) is 18.3 Å². The number of nitrogen functional groups attached to an aromatic ring is 1. The minimum absolute atomic E-state index is 0.138. The molecule has 3 rings (SSSR count). The van der Waals surface area contributed by atoms with Crippen molar-refractivity contribution in [1.82, 2.24) is 4.31 Å². The summed E-state index contributed by atoms with van der Waals surface area (Å²) in [4.78, 5) is 0.255. The van der Waals surface area contributed by atoms with Gasteiger partial charge in [0.25, 0.3) is 0 Å². The Bertz CT molecular complexity index is 788. The SMILES string of the molecule is Nc1cccc(-c2ccc(S(=O)(=O)N3CCCC3CO)cc2)c1. The van der Waals surface area contributed by atoms with E-state index in [2.05, 4.69) is 0 Å². The summed E-state index contributed by atoms with van der Waals surface area (Å²) in [6.45, 7) is 0.325. The molecule has 0 radical (unpaired) electrons. The van der Waals surface area contributed by atoms with Gasteiger partial charge in [0.05, 0.1) is 11.5 Å². The largest absolute Gasteiger partial charge is 0.399 e. The van der Waals surface area contributed by atoms with Crippen LogP contribution >= 0.6 is 0 Å². The molecule has 1 heterocycles. The van der Waals surface area contributed by atoms with E-state index in [9.17, 15) is 13.5 Å². The fraction of sp³-hybridized carbons (Fsp3) is 0.294. The van der Waals surface area contributed by atoms with Crippen LogP contribution in [-0.2, 0) is 10.0 Å². The van der Waals surface area contributed by atoms with Gasteiger partial charge in [-0.2, -0.15) is 4.31 Å². The molecule has 1 fully saturated rings. The molecule has 1 aliphatic heterocycles. The molecule has 0 spiro atoms. The highest BCUT2D eigenvalue weighted by Gasteiger charge is 2.34. The van der Waals surface area contributed by atoms with Crippen molar-refractivity contribution in [3.05, 3.63) is 48.5 Å². The topological polar surface area (TPSA) is 83.6 Å². The molecule has 1 atom stereocenters. The molecule has 0 amide bonds. The van der Waals surface area contributed by atoms with Crippen molar-refractivity contribution in [2.75, 3.05) is 18.9 Å². The maximum atomic E-state index is 12.7. The van der Waals surface area contributed by atoms with Crippen LogP contribution in [0.4, 0.5) is 5.69 Å². The second-order valence-corrected chi connectivity index (χ2v) is 7.63. The molecule has 2 aromatic rings. The monoisotopic (exact) mass is 332 g/mol. The number of anilines is 1. The van der Waals surface area contributed by atoms with Crippen molar-refractivity contribution >= 4 is 15.7 Å². The van der Waals surface area contributed by atoms with Gasteiger partial charge in [-0.05, 0) is 48.2 Å². The summed E-state index contributed by atoms with van der Waals surface area (Å²) in [5, 5.41) is 9.35. The predicted molar refractivity (Wildman–Crippen MR) is 90.3 cm³/mol. The summed E-state index contributed by atoms with van der Waals surface area (Å²) in [6.07, 6.45) is 1.49. The zero-order valence-electron chi connectivity index (χ0n) is 12.7. The molecule has 0 bridgehead atoms. The average molecular weight is 332 g/mol. The third-order valence-electron chi connectivity index (χ3n) is 4.21. The van der Waals surface area contributed by atoms with Crippen molar-refractivity contribution in [3.8, 4) is 11.1 Å². The minimum Gasteiger partial charge on any atom is -0.399 e. The van der Waals surface area contributed by atoms with Gasteiger partial charge in [0.1, 0.15) is 0 Å². The van der Waals surface area contributed by atoms with Gasteiger partial charge in [0.2, 0.25) is 10.0 Å². The Labute approximate surface area is 136 Å². The van der Waals surface area contributed by atoms with Crippen molar-refractivity contribution in [2.45, 2.75) is 23.8 Å². The fourth-order valence-electron chi connectivity index (χ4n) is 2.98. The normalized spacial score (nSPS) is 19.1. The number of sulfonamides is 1. The molecular formula is C17H20N2O3S. The van der Waals surface area contributed by atoms with Crippen LogP contribution < -0.4 is 5.73 Å². The number of nitrogens with zero attached hydrogens (tertiary/aromatic N) is 1. The fourth-order valence-corrected chi connectivity index (χ4v) is 4.67. The van der Waals surface area contributed by atoms with Crippen molar-refractivity contribution < 1.29 is 13.5 Å². The standard InChI is InChI=1S/C17H20N2O3S/c18-15-4-1-3-14(11-15)13-6-8-17(9-7-13)23(21,22)19-10-2-5-16(19)12-20/h1,3-4,6-9,11,16,20H,2,5,10,12,18H2. The number of hydrogen-bond acceptors (Lipinski definition) is 4. The van der Waals surface area contributed by atoms with Gasteiger partial charge in [0.15, 0.2) is 0 Å². The molecule has 23 heavy (non-hydrogen) atoms. The first-order valence-electron chi connectivity index (χ1n) is 7.61. The first-order chi connectivity index (χ1) is 11.0. The minimum atomic E-state index is -3.56. The number of nitrogens with two attached hydrogens (primary N) is 1. The van der Waals surface area contributed by atoms with Crippen LogP contribution in [0.2, 0.25) is 0 Å². The van der Waals surface area contributed by atoms with E-state index in [1.807, 2.05) is 24.3 Å². The van der Waals surface area contributed by atoms with Gasteiger partial charge in [-0.3, -0.25) is 0 Å². The van der Waals surface area contributed by atoms with E-state index in [0.29, 0.717) is 18.7 Å². The second kappa shape index (κ2) is 6.31. The molecule has 122 valence electrons. The molecule has 3 N–H and O–H groups in total. The van der Waals surface area contributed by atoms with Crippen LogP contribution in [-0.4, -0.2) is 37.0 Å². The number of aliphatic hydroxyl groups excluding tert-OH is 1. The summed E-state index contributed by atoms with van der Waals surface area (Å²) in [5.74, 6) is 0. The van der Waals surface area contributed by atoms with E-state index in [0.717, 1.165) is 17.5 Å². The van der Waals surface area contributed by atoms with Gasteiger partial charge in [-0.25, -0.2) is 8.42 Å². The molecule has 0 saturated carbocycles. The third-order valence-corrected chi connectivity index (χ3v) is 6.18. The Morgan fingerprint density at radius 3 is 2.52 bits per heavy atom. The maximum absolute atomic E-state index is 12.7. The van der Waals surface area contributed by atoms with Crippen LogP contribution in [0.25, 0.3) is 11.1 Å². The summed E-state index contributed by atoms with van der Waals surface area (Å²) in [7, 11) is -3.56. The van der Waals surface area contributed by atoms with Gasteiger partial charge in [-0.1, -0.05) is 24.3 Å². The van der Waals surface area contributed by atoms with Crippen LogP contribution in [0.5, 0.6) is 0 Å². The number of aliphatic hydroxyl groups is 1. The van der Waals surface area contributed by atoms with Gasteiger partial charge in [-0.15, -0.1) is 0 Å². The molecule has 0 aliphatic carbocycles. The second-order valence-electron chi connectivity index (χ2n) is 5.74. The quantitative estimate of drug-likeness (QED) is 0.840. The zero-order chi connectivity index (χ0) is 16.4. The zero-order valence-corrected chi connectivity index (χ0v) is 13.5. The Hall–Kier alpha value is -1.89. The smallest absolute Gasteiger partial charge is 0.243 e. The van der Waals surface area contributed by atoms with Gasteiger partial charge < -0.3 is 10.8 Å². The molecule has 1 aliphatic rings. The molecule has 1 saturated heterocycles. The van der Waals surface area contributed by atoms with Crippen LogP contribution in [0.1, 0.15) is 12.8 Å². The van der Waals surface area contributed by atoms with E-state index >= 15 is 0 Å². The van der Waals surface area contributed by atoms with Gasteiger partial charge >= 0.3 is 0 Å². The number of hydrogen-bond donors (Lipinski definition) is 2. The Balaban J connectivity index is 1.90. The lowest BCUT2D eigenvalue weighted by Gasteiger charge is -2.22. The lowest BCUT2D eigenvalue weighted by atomic mass is 10.1. The highest BCUT2D eigenvalue weighted by Crippen LogP contribution is 2.28. The average Bonchev–Trinajstić information content (AvgIpc) is 3.04. The Morgan fingerprint density at radius 2 is 1.87 bits per heavy atom. The highest BCUT2D eigenvalue weighted by molar-refractivity contribution is 7.89. The van der Waals surface area contributed by atoms with Crippen molar-refractivity contribution in [2.24, 2.45) is 0 Å². The molecular weight excluding hydrogens is 312 g/mol.